The standard InChI is InChI=1S/C27H29N9O/c1-27(2,3)26(37)31-18-11-16(13-28-15-18)17-12-19-21(34-35-23(19)30-14-17)24-32-20-7-8-29-25(22(20)33-24)36-9-5-4-6-10-36/h7-8,11-15H,4-6,9-10H2,1-3H3,(H,31,37)(H,32,33)(H,30,34,35). The number of hydrogen-bond acceptors (Lipinski definition) is 7. The SMILES string of the molecule is CC(C)(C)C(=O)Nc1cncc(-c2cnc3[nH]nc(-c4nc5c(N6CCCCC6)nccc5[nH]4)c3c2)c1. The van der Waals surface area contributed by atoms with Crippen LogP contribution >= 0.6 is 0 Å². The fourth-order valence-corrected chi connectivity index (χ4v) is 4.60. The molecule has 1 amide bonds. The Labute approximate surface area is 214 Å². The number of aromatic nitrogens is 7. The van der Waals surface area contributed by atoms with E-state index in [9.17, 15) is 4.79 Å². The average molecular weight is 496 g/mol. The number of pyridine rings is 3. The van der Waals surface area contributed by atoms with Gasteiger partial charge in [0.05, 0.1) is 22.8 Å². The quantitative estimate of drug-likeness (QED) is 0.322. The third kappa shape index (κ3) is 4.39. The van der Waals surface area contributed by atoms with Crippen molar-refractivity contribution in [2.24, 2.45) is 5.41 Å². The highest BCUT2D eigenvalue weighted by molar-refractivity contribution is 5.96. The number of carbonyl (C=O) groups excluding carboxylic acids is 1. The van der Waals surface area contributed by atoms with Crippen LogP contribution < -0.4 is 10.2 Å². The van der Waals surface area contributed by atoms with E-state index in [1.54, 1.807) is 18.6 Å². The smallest absolute Gasteiger partial charge is 0.229 e. The second-order valence-electron chi connectivity index (χ2n) is 10.5. The molecule has 10 heteroatoms. The lowest BCUT2D eigenvalue weighted by molar-refractivity contribution is -0.123. The number of imidazole rings is 1. The number of nitrogens with zero attached hydrogens (tertiary/aromatic N) is 6. The molecule has 37 heavy (non-hydrogen) atoms. The Morgan fingerprint density at radius 1 is 1.03 bits per heavy atom. The number of aromatic amines is 2. The number of anilines is 2. The zero-order valence-electron chi connectivity index (χ0n) is 21.2. The highest BCUT2D eigenvalue weighted by Crippen LogP contribution is 2.32. The van der Waals surface area contributed by atoms with Crippen LogP contribution in [-0.2, 0) is 4.79 Å². The van der Waals surface area contributed by atoms with E-state index >= 15 is 0 Å². The van der Waals surface area contributed by atoms with Gasteiger partial charge in [0.15, 0.2) is 17.3 Å². The highest BCUT2D eigenvalue weighted by Gasteiger charge is 2.22. The molecule has 1 fully saturated rings. The Bertz CT molecular complexity index is 1610. The minimum absolute atomic E-state index is 0.0690. The normalized spacial score (nSPS) is 14.4. The Morgan fingerprint density at radius 2 is 1.84 bits per heavy atom. The summed E-state index contributed by atoms with van der Waals surface area (Å²) in [6, 6.07) is 5.86. The maximum atomic E-state index is 12.4. The molecule has 3 N–H and O–H groups in total. The molecular weight excluding hydrogens is 466 g/mol. The van der Waals surface area contributed by atoms with E-state index in [4.69, 9.17) is 4.98 Å². The lowest BCUT2D eigenvalue weighted by atomic mass is 9.95. The lowest BCUT2D eigenvalue weighted by Gasteiger charge is -2.27. The van der Waals surface area contributed by atoms with Crippen LogP contribution in [0.3, 0.4) is 0 Å². The van der Waals surface area contributed by atoms with Crippen molar-refractivity contribution >= 4 is 39.5 Å². The molecule has 188 valence electrons. The largest absolute Gasteiger partial charge is 0.355 e. The predicted molar refractivity (Wildman–Crippen MR) is 144 cm³/mol. The fourth-order valence-electron chi connectivity index (χ4n) is 4.60. The molecule has 1 saturated heterocycles. The molecule has 5 aromatic rings. The lowest BCUT2D eigenvalue weighted by Crippen LogP contribution is -2.30. The summed E-state index contributed by atoms with van der Waals surface area (Å²) in [6.07, 6.45) is 10.6. The van der Waals surface area contributed by atoms with Gasteiger partial charge < -0.3 is 15.2 Å². The summed E-state index contributed by atoms with van der Waals surface area (Å²) in [6.45, 7) is 7.62. The Morgan fingerprint density at radius 3 is 2.65 bits per heavy atom. The Kier molecular flexibility index (Phi) is 5.58. The topological polar surface area (TPSA) is 128 Å². The minimum Gasteiger partial charge on any atom is -0.355 e. The molecule has 0 atom stereocenters. The van der Waals surface area contributed by atoms with E-state index < -0.39 is 5.41 Å². The van der Waals surface area contributed by atoms with Crippen LogP contribution in [0, 0.1) is 5.41 Å². The first-order chi connectivity index (χ1) is 17.9. The summed E-state index contributed by atoms with van der Waals surface area (Å²) in [5, 5.41) is 11.3. The Hall–Kier alpha value is -4.34. The number of nitrogens with one attached hydrogen (secondary N) is 3. The third-order valence-corrected chi connectivity index (χ3v) is 6.69. The number of amides is 1. The van der Waals surface area contributed by atoms with Crippen LogP contribution in [-0.4, -0.2) is 54.1 Å². The molecule has 5 aromatic heterocycles. The van der Waals surface area contributed by atoms with E-state index in [0.717, 1.165) is 46.5 Å². The molecule has 0 spiro atoms. The second kappa shape index (κ2) is 8.95. The highest BCUT2D eigenvalue weighted by atomic mass is 16.2. The molecule has 1 aliphatic heterocycles. The third-order valence-electron chi connectivity index (χ3n) is 6.69. The van der Waals surface area contributed by atoms with Crippen molar-refractivity contribution < 1.29 is 4.79 Å². The number of rotatable bonds is 4. The number of carbonyl (C=O) groups is 1. The fraction of sp³-hybridized carbons (Fsp3) is 0.333. The predicted octanol–water partition coefficient (Wildman–Crippen LogP) is 4.93. The zero-order valence-corrected chi connectivity index (χ0v) is 21.2. The van der Waals surface area contributed by atoms with Gasteiger partial charge in [0, 0.05) is 48.2 Å². The molecule has 0 aromatic carbocycles. The first-order valence-corrected chi connectivity index (χ1v) is 12.6. The average Bonchev–Trinajstić information content (AvgIpc) is 3.52. The van der Waals surface area contributed by atoms with Crippen molar-refractivity contribution in [3.8, 4) is 22.6 Å². The molecule has 6 heterocycles. The van der Waals surface area contributed by atoms with E-state index in [1.165, 1.54) is 19.3 Å². The number of piperidine rings is 1. The van der Waals surface area contributed by atoms with Crippen molar-refractivity contribution in [1.82, 2.24) is 35.1 Å². The van der Waals surface area contributed by atoms with Crippen LogP contribution in [0.25, 0.3) is 44.7 Å². The van der Waals surface area contributed by atoms with E-state index in [0.29, 0.717) is 22.9 Å². The van der Waals surface area contributed by atoms with Gasteiger partial charge in [-0.3, -0.25) is 14.9 Å². The zero-order chi connectivity index (χ0) is 25.6. The van der Waals surface area contributed by atoms with Gasteiger partial charge in [0.25, 0.3) is 0 Å². The molecule has 6 rings (SSSR count). The minimum atomic E-state index is -0.502. The van der Waals surface area contributed by atoms with Crippen molar-refractivity contribution in [1.29, 1.82) is 0 Å². The number of H-pyrrole nitrogens is 2. The summed E-state index contributed by atoms with van der Waals surface area (Å²) in [5.41, 5.74) is 4.98. The summed E-state index contributed by atoms with van der Waals surface area (Å²) in [7, 11) is 0. The van der Waals surface area contributed by atoms with Gasteiger partial charge in [-0.05, 0) is 37.5 Å². The van der Waals surface area contributed by atoms with Crippen LogP contribution in [0.2, 0.25) is 0 Å². The number of hydrogen-bond donors (Lipinski definition) is 3. The van der Waals surface area contributed by atoms with Crippen LogP contribution in [0.15, 0.2) is 43.0 Å². The molecule has 0 saturated carbocycles. The summed E-state index contributed by atoms with van der Waals surface area (Å²) >= 11 is 0. The molecule has 1 aliphatic rings. The van der Waals surface area contributed by atoms with E-state index in [1.807, 2.05) is 45.2 Å². The van der Waals surface area contributed by atoms with E-state index in [2.05, 4.69) is 40.3 Å². The van der Waals surface area contributed by atoms with Crippen LogP contribution in [0.1, 0.15) is 40.0 Å². The molecule has 0 aliphatic carbocycles. The molecular formula is C27H29N9O. The molecule has 0 bridgehead atoms. The summed E-state index contributed by atoms with van der Waals surface area (Å²) in [4.78, 5) is 36.7. The van der Waals surface area contributed by atoms with Gasteiger partial charge in [-0.2, -0.15) is 5.10 Å². The van der Waals surface area contributed by atoms with Crippen molar-refractivity contribution in [2.45, 2.75) is 40.0 Å². The number of fused-ring (bicyclic) bond motifs is 2. The van der Waals surface area contributed by atoms with Crippen molar-refractivity contribution in [3.05, 3.63) is 43.0 Å². The van der Waals surface area contributed by atoms with Gasteiger partial charge in [-0.1, -0.05) is 20.8 Å². The van der Waals surface area contributed by atoms with Crippen molar-refractivity contribution in [3.63, 3.8) is 0 Å². The molecule has 10 nitrogen and oxygen atoms in total. The van der Waals surface area contributed by atoms with Gasteiger partial charge in [0.2, 0.25) is 5.91 Å². The monoisotopic (exact) mass is 495 g/mol. The second-order valence-corrected chi connectivity index (χ2v) is 10.5. The maximum Gasteiger partial charge on any atom is 0.229 e. The van der Waals surface area contributed by atoms with Crippen molar-refractivity contribution in [2.75, 3.05) is 23.3 Å². The van der Waals surface area contributed by atoms with Gasteiger partial charge in [0.1, 0.15) is 11.2 Å². The van der Waals surface area contributed by atoms with Gasteiger partial charge in [-0.15, -0.1) is 0 Å². The Balaban J connectivity index is 1.37. The summed E-state index contributed by atoms with van der Waals surface area (Å²) in [5.74, 6) is 1.51. The molecule has 0 unspecified atom stereocenters. The summed E-state index contributed by atoms with van der Waals surface area (Å²) < 4.78 is 0. The van der Waals surface area contributed by atoms with Crippen LogP contribution in [0.5, 0.6) is 0 Å². The van der Waals surface area contributed by atoms with E-state index in [-0.39, 0.29) is 5.91 Å². The molecule has 0 radical (unpaired) electrons. The van der Waals surface area contributed by atoms with Gasteiger partial charge in [-0.25, -0.2) is 15.0 Å². The van der Waals surface area contributed by atoms with Crippen LogP contribution in [0.4, 0.5) is 11.5 Å². The van der Waals surface area contributed by atoms with Gasteiger partial charge >= 0.3 is 0 Å². The first-order valence-electron chi connectivity index (χ1n) is 12.6. The maximum absolute atomic E-state index is 12.4. The first kappa shape index (κ1) is 23.1.